The summed E-state index contributed by atoms with van der Waals surface area (Å²) in [5.74, 6) is 0.742. The molecule has 0 saturated heterocycles. The summed E-state index contributed by atoms with van der Waals surface area (Å²) >= 11 is 3.31. The average Bonchev–Trinajstić information content (AvgIpc) is 2.33. The summed E-state index contributed by atoms with van der Waals surface area (Å²) in [4.78, 5) is 16.0. The van der Waals surface area contributed by atoms with E-state index in [2.05, 4.69) is 33.2 Å². The normalized spacial score (nSPS) is 24.4. The van der Waals surface area contributed by atoms with Crippen LogP contribution in [0.4, 0.5) is 0 Å². The van der Waals surface area contributed by atoms with Gasteiger partial charge in [-0.3, -0.25) is 4.79 Å². The third kappa shape index (κ3) is 3.53. The number of pyridine rings is 1. The number of nitrogens with zero attached hydrogens (tertiary/aromatic N) is 1. The molecular formula is C13H17BrN2O. The van der Waals surface area contributed by atoms with Gasteiger partial charge in [0.05, 0.1) is 0 Å². The monoisotopic (exact) mass is 296 g/mol. The molecule has 1 N–H and O–H groups in total. The molecule has 0 aromatic carbocycles. The fraction of sp³-hybridized carbons (Fsp3) is 0.538. The number of amides is 1. The van der Waals surface area contributed by atoms with Gasteiger partial charge in [-0.25, -0.2) is 4.98 Å². The van der Waals surface area contributed by atoms with Crippen LogP contribution in [0, 0.1) is 5.92 Å². The van der Waals surface area contributed by atoms with Gasteiger partial charge < -0.3 is 5.32 Å². The van der Waals surface area contributed by atoms with E-state index in [-0.39, 0.29) is 5.91 Å². The van der Waals surface area contributed by atoms with Crippen LogP contribution in [0.5, 0.6) is 0 Å². The van der Waals surface area contributed by atoms with Crippen LogP contribution < -0.4 is 5.32 Å². The average molecular weight is 297 g/mol. The Hall–Kier alpha value is -0.900. The molecule has 92 valence electrons. The smallest absolute Gasteiger partial charge is 0.270 e. The number of nitrogens with one attached hydrogen (secondary N) is 1. The first-order chi connectivity index (χ1) is 8.15. The summed E-state index contributed by atoms with van der Waals surface area (Å²) < 4.78 is 0.889. The van der Waals surface area contributed by atoms with Gasteiger partial charge in [-0.05, 0) is 59.7 Å². The van der Waals surface area contributed by atoms with Gasteiger partial charge in [-0.2, -0.15) is 0 Å². The molecule has 0 spiro atoms. The molecule has 0 aliphatic heterocycles. The molecule has 4 heteroatoms. The zero-order valence-corrected chi connectivity index (χ0v) is 11.5. The van der Waals surface area contributed by atoms with Crippen molar-refractivity contribution in [2.75, 3.05) is 0 Å². The molecule has 17 heavy (non-hydrogen) atoms. The number of hydrogen-bond acceptors (Lipinski definition) is 2. The predicted octanol–water partition coefficient (Wildman–Crippen LogP) is 3.15. The summed E-state index contributed by atoms with van der Waals surface area (Å²) in [5, 5.41) is 3.06. The standard InChI is InChI=1S/C13H17BrN2O/c1-9-2-5-11(6-3-9)16-13(17)12-7-4-10(14)8-15-12/h4,7-9,11H,2-3,5-6H2,1H3,(H,16,17). The van der Waals surface area contributed by atoms with Crippen molar-refractivity contribution in [2.24, 2.45) is 5.92 Å². The molecule has 1 aromatic heterocycles. The lowest BCUT2D eigenvalue weighted by atomic mass is 9.87. The lowest BCUT2D eigenvalue weighted by molar-refractivity contribution is 0.0918. The van der Waals surface area contributed by atoms with Gasteiger partial charge in [0.15, 0.2) is 0 Å². The van der Waals surface area contributed by atoms with Crippen molar-refractivity contribution >= 4 is 21.8 Å². The molecule has 1 aliphatic carbocycles. The number of carbonyl (C=O) groups excluding carboxylic acids is 1. The zero-order valence-electron chi connectivity index (χ0n) is 9.95. The van der Waals surface area contributed by atoms with E-state index in [4.69, 9.17) is 0 Å². The summed E-state index contributed by atoms with van der Waals surface area (Å²) in [5.41, 5.74) is 0.492. The molecule has 0 radical (unpaired) electrons. The quantitative estimate of drug-likeness (QED) is 0.911. The Morgan fingerprint density at radius 2 is 2.06 bits per heavy atom. The van der Waals surface area contributed by atoms with Crippen LogP contribution in [0.15, 0.2) is 22.8 Å². The molecule has 0 unspecified atom stereocenters. The van der Waals surface area contributed by atoms with Gasteiger partial charge in [-0.1, -0.05) is 6.92 Å². The van der Waals surface area contributed by atoms with E-state index in [1.807, 2.05) is 6.07 Å². The third-order valence-corrected chi connectivity index (χ3v) is 3.78. The van der Waals surface area contributed by atoms with Gasteiger partial charge in [0.25, 0.3) is 5.91 Å². The highest BCUT2D eigenvalue weighted by Crippen LogP contribution is 2.23. The minimum absolute atomic E-state index is 0.0583. The number of aromatic nitrogens is 1. The second kappa shape index (κ2) is 5.63. The van der Waals surface area contributed by atoms with Crippen LogP contribution in [0.2, 0.25) is 0 Å². The Kier molecular flexibility index (Phi) is 4.15. The van der Waals surface area contributed by atoms with E-state index < -0.39 is 0 Å². The van der Waals surface area contributed by atoms with E-state index in [0.717, 1.165) is 23.2 Å². The van der Waals surface area contributed by atoms with E-state index in [1.54, 1.807) is 12.3 Å². The van der Waals surface area contributed by atoms with Crippen molar-refractivity contribution in [3.8, 4) is 0 Å². The topological polar surface area (TPSA) is 42.0 Å². The lowest BCUT2D eigenvalue weighted by Crippen LogP contribution is -2.37. The Morgan fingerprint density at radius 1 is 1.35 bits per heavy atom. The van der Waals surface area contributed by atoms with Gasteiger partial charge in [0, 0.05) is 16.7 Å². The summed E-state index contributed by atoms with van der Waals surface area (Å²) in [6.07, 6.45) is 6.24. The first-order valence-electron chi connectivity index (χ1n) is 6.07. The summed E-state index contributed by atoms with van der Waals surface area (Å²) in [6.45, 7) is 2.27. The van der Waals surface area contributed by atoms with Crippen LogP contribution in [-0.4, -0.2) is 16.9 Å². The minimum Gasteiger partial charge on any atom is -0.348 e. The third-order valence-electron chi connectivity index (χ3n) is 3.31. The van der Waals surface area contributed by atoms with Crippen molar-refractivity contribution < 1.29 is 4.79 Å². The Labute approximate surface area is 110 Å². The second-order valence-electron chi connectivity index (χ2n) is 4.79. The van der Waals surface area contributed by atoms with Gasteiger partial charge in [0.1, 0.15) is 5.69 Å². The fourth-order valence-electron chi connectivity index (χ4n) is 2.17. The van der Waals surface area contributed by atoms with Crippen LogP contribution >= 0.6 is 15.9 Å². The molecule has 1 aromatic rings. The molecule has 1 aliphatic rings. The highest BCUT2D eigenvalue weighted by atomic mass is 79.9. The second-order valence-corrected chi connectivity index (χ2v) is 5.71. The molecule has 0 bridgehead atoms. The van der Waals surface area contributed by atoms with Crippen molar-refractivity contribution in [3.05, 3.63) is 28.5 Å². The fourth-order valence-corrected chi connectivity index (χ4v) is 2.41. The maximum absolute atomic E-state index is 11.9. The van der Waals surface area contributed by atoms with Gasteiger partial charge >= 0.3 is 0 Å². The van der Waals surface area contributed by atoms with E-state index in [9.17, 15) is 4.79 Å². The van der Waals surface area contributed by atoms with Crippen LogP contribution in [0.1, 0.15) is 43.1 Å². The first kappa shape index (κ1) is 12.6. The van der Waals surface area contributed by atoms with E-state index >= 15 is 0 Å². The number of rotatable bonds is 2. The summed E-state index contributed by atoms with van der Waals surface area (Å²) in [7, 11) is 0. The summed E-state index contributed by atoms with van der Waals surface area (Å²) in [6, 6.07) is 3.90. The Bertz CT molecular complexity index is 383. The number of halogens is 1. The van der Waals surface area contributed by atoms with E-state index in [1.165, 1.54) is 12.8 Å². The minimum atomic E-state index is -0.0583. The molecule has 1 amide bonds. The Balaban J connectivity index is 1.91. The SMILES string of the molecule is CC1CCC(NC(=O)c2ccc(Br)cn2)CC1. The van der Waals surface area contributed by atoms with Crippen LogP contribution in [0.25, 0.3) is 0 Å². The van der Waals surface area contributed by atoms with Crippen molar-refractivity contribution in [1.82, 2.24) is 10.3 Å². The maximum Gasteiger partial charge on any atom is 0.270 e. The van der Waals surface area contributed by atoms with Gasteiger partial charge in [-0.15, -0.1) is 0 Å². The maximum atomic E-state index is 11.9. The van der Waals surface area contributed by atoms with Crippen LogP contribution in [-0.2, 0) is 0 Å². The molecule has 1 fully saturated rings. The number of hydrogen-bond donors (Lipinski definition) is 1. The highest BCUT2D eigenvalue weighted by Gasteiger charge is 2.20. The van der Waals surface area contributed by atoms with Crippen LogP contribution in [0.3, 0.4) is 0 Å². The Morgan fingerprint density at radius 3 is 2.65 bits per heavy atom. The van der Waals surface area contributed by atoms with Crippen molar-refractivity contribution in [2.45, 2.75) is 38.6 Å². The van der Waals surface area contributed by atoms with Crippen molar-refractivity contribution in [3.63, 3.8) is 0 Å². The van der Waals surface area contributed by atoms with Crippen molar-refractivity contribution in [1.29, 1.82) is 0 Å². The molecule has 1 heterocycles. The van der Waals surface area contributed by atoms with E-state index in [0.29, 0.717) is 11.7 Å². The zero-order chi connectivity index (χ0) is 12.3. The molecule has 0 atom stereocenters. The molecule has 2 rings (SSSR count). The molecule has 1 saturated carbocycles. The first-order valence-corrected chi connectivity index (χ1v) is 6.87. The molecular weight excluding hydrogens is 280 g/mol. The number of carbonyl (C=O) groups is 1. The largest absolute Gasteiger partial charge is 0.348 e. The highest BCUT2D eigenvalue weighted by molar-refractivity contribution is 9.10. The van der Waals surface area contributed by atoms with Gasteiger partial charge in [0.2, 0.25) is 0 Å². The molecule has 3 nitrogen and oxygen atoms in total. The predicted molar refractivity (Wildman–Crippen MR) is 70.8 cm³/mol. The lowest BCUT2D eigenvalue weighted by Gasteiger charge is -2.26.